The zero-order valence-corrected chi connectivity index (χ0v) is 22.0. The van der Waals surface area contributed by atoms with Gasteiger partial charge < -0.3 is 15.4 Å². The molecular formula is C25H27ClN4O3S2. The van der Waals surface area contributed by atoms with Gasteiger partial charge in [0.1, 0.15) is 5.00 Å². The van der Waals surface area contributed by atoms with Gasteiger partial charge in [0.2, 0.25) is 0 Å². The molecule has 1 aliphatic carbocycles. The Labute approximate surface area is 218 Å². The van der Waals surface area contributed by atoms with Crippen molar-refractivity contribution in [2.24, 2.45) is 0 Å². The number of thioether (sulfide) groups is 1. The van der Waals surface area contributed by atoms with Crippen molar-refractivity contribution in [2.75, 3.05) is 25.6 Å². The van der Waals surface area contributed by atoms with E-state index in [4.69, 9.17) is 16.3 Å². The van der Waals surface area contributed by atoms with Crippen LogP contribution in [0.15, 0.2) is 35.6 Å². The van der Waals surface area contributed by atoms with Gasteiger partial charge in [-0.05, 0) is 43.7 Å². The summed E-state index contributed by atoms with van der Waals surface area (Å²) in [4.78, 5) is 36.0. The SMILES string of the molecule is COCCNC(=O)c1c(NC(=O)c2nc(SCc3cccc(C)c3)ncc2Cl)sc2c1CCCC2. The number of amides is 2. The van der Waals surface area contributed by atoms with Gasteiger partial charge in [0.25, 0.3) is 11.8 Å². The van der Waals surface area contributed by atoms with Crippen molar-refractivity contribution < 1.29 is 14.3 Å². The van der Waals surface area contributed by atoms with Crippen molar-refractivity contribution in [3.05, 3.63) is 68.3 Å². The zero-order valence-electron chi connectivity index (χ0n) is 19.7. The maximum absolute atomic E-state index is 13.2. The average Bonchev–Trinajstić information content (AvgIpc) is 3.21. The van der Waals surface area contributed by atoms with Crippen molar-refractivity contribution in [3.8, 4) is 0 Å². The number of aromatic nitrogens is 2. The molecule has 0 fully saturated rings. The lowest BCUT2D eigenvalue weighted by Gasteiger charge is -2.13. The number of fused-ring (bicyclic) bond motifs is 1. The van der Waals surface area contributed by atoms with Crippen LogP contribution in [0.1, 0.15) is 55.3 Å². The number of hydrogen-bond donors (Lipinski definition) is 2. The molecule has 7 nitrogen and oxygen atoms in total. The molecule has 1 aliphatic rings. The molecule has 1 aromatic carbocycles. The van der Waals surface area contributed by atoms with Gasteiger partial charge >= 0.3 is 0 Å². The Kier molecular flexibility index (Phi) is 8.78. The van der Waals surface area contributed by atoms with E-state index in [9.17, 15) is 9.59 Å². The normalized spacial score (nSPS) is 12.8. The van der Waals surface area contributed by atoms with Crippen molar-refractivity contribution in [1.29, 1.82) is 0 Å². The van der Waals surface area contributed by atoms with Gasteiger partial charge in [-0.25, -0.2) is 9.97 Å². The zero-order chi connectivity index (χ0) is 24.8. The summed E-state index contributed by atoms with van der Waals surface area (Å²) in [6, 6.07) is 8.20. The summed E-state index contributed by atoms with van der Waals surface area (Å²) in [5, 5.41) is 6.94. The van der Waals surface area contributed by atoms with Crippen LogP contribution in [0.25, 0.3) is 0 Å². The van der Waals surface area contributed by atoms with E-state index in [0.29, 0.717) is 34.6 Å². The van der Waals surface area contributed by atoms with Crippen LogP contribution in [0.4, 0.5) is 5.00 Å². The Morgan fingerprint density at radius 2 is 2.06 bits per heavy atom. The molecule has 3 aromatic rings. The standard InChI is InChI=1S/C25H27ClN4O3S2/c1-15-6-5-7-16(12-15)14-34-25-28-13-18(26)21(29-25)23(32)30-24-20(22(31)27-10-11-33-2)17-8-3-4-9-19(17)35-24/h5-7,12-13H,3-4,8-11,14H2,1-2H3,(H,27,31)(H,30,32). The molecule has 184 valence electrons. The van der Waals surface area contributed by atoms with Crippen molar-refractivity contribution in [3.63, 3.8) is 0 Å². The Balaban J connectivity index is 1.53. The van der Waals surface area contributed by atoms with Gasteiger partial charge in [-0.1, -0.05) is 53.2 Å². The highest BCUT2D eigenvalue weighted by molar-refractivity contribution is 7.98. The highest BCUT2D eigenvalue weighted by atomic mass is 35.5. The van der Waals surface area contributed by atoms with E-state index in [1.54, 1.807) is 7.11 Å². The highest BCUT2D eigenvalue weighted by Gasteiger charge is 2.27. The number of carbonyl (C=O) groups is 2. The summed E-state index contributed by atoms with van der Waals surface area (Å²) in [6.45, 7) is 2.86. The fourth-order valence-electron chi connectivity index (χ4n) is 3.94. The molecule has 0 saturated heterocycles. The number of halogens is 1. The quantitative estimate of drug-likeness (QED) is 0.221. The van der Waals surface area contributed by atoms with Crippen LogP contribution < -0.4 is 10.6 Å². The van der Waals surface area contributed by atoms with E-state index in [1.165, 1.54) is 34.9 Å². The van der Waals surface area contributed by atoms with E-state index >= 15 is 0 Å². The second kappa shape index (κ2) is 12.0. The number of carbonyl (C=O) groups excluding carboxylic acids is 2. The topological polar surface area (TPSA) is 93.2 Å². The van der Waals surface area contributed by atoms with E-state index in [-0.39, 0.29) is 16.6 Å². The van der Waals surface area contributed by atoms with Crippen molar-refractivity contribution >= 4 is 51.5 Å². The first-order valence-corrected chi connectivity index (χ1v) is 13.6. The molecule has 0 unspecified atom stereocenters. The van der Waals surface area contributed by atoms with E-state index in [0.717, 1.165) is 41.7 Å². The van der Waals surface area contributed by atoms with Gasteiger partial charge in [-0.15, -0.1) is 11.3 Å². The van der Waals surface area contributed by atoms with Gasteiger partial charge in [-0.3, -0.25) is 9.59 Å². The molecule has 10 heteroatoms. The monoisotopic (exact) mass is 530 g/mol. The maximum atomic E-state index is 13.2. The van der Waals surface area contributed by atoms with Crippen LogP contribution in [-0.2, 0) is 23.3 Å². The molecular weight excluding hydrogens is 504 g/mol. The lowest BCUT2D eigenvalue weighted by Crippen LogP contribution is -2.28. The lowest BCUT2D eigenvalue weighted by atomic mass is 9.95. The number of ether oxygens (including phenoxy) is 1. The van der Waals surface area contributed by atoms with Crippen molar-refractivity contribution in [1.82, 2.24) is 15.3 Å². The number of nitrogens with one attached hydrogen (secondary N) is 2. The second-order valence-electron chi connectivity index (χ2n) is 8.24. The van der Waals surface area contributed by atoms with Gasteiger partial charge in [-0.2, -0.15) is 0 Å². The number of aryl methyl sites for hydroxylation is 2. The van der Waals surface area contributed by atoms with E-state index < -0.39 is 5.91 Å². The predicted octanol–water partition coefficient (Wildman–Crippen LogP) is 5.30. The molecule has 2 heterocycles. The summed E-state index contributed by atoms with van der Waals surface area (Å²) in [5.41, 5.74) is 3.97. The molecule has 0 atom stereocenters. The molecule has 4 rings (SSSR count). The van der Waals surface area contributed by atoms with Gasteiger partial charge in [0.05, 0.1) is 23.4 Å². The van der Waals surface area contributed by atoms with Crippen LogP contribution in [-0.4, -0.2) is 42.0 Å². The molecule has 0 radical (unpaired) electrons. The Morgan fingerprint density at radius 3 is 2.86 bits per heavy atom. The molecule has 2 aromatic heterocycles. The first-order valence-electron chi connectivity index (χ1n) is 11.4. The molecule has 2 amide bonds. The summed E-state index contributed by atoms with van der Waals surface area (Å²) in [5.74, 6) is 0.00708. The third-order valence-corrected chi connectivity index (χ3v) is 8.02. The number of anilines is 1. The molecule has 2 N–H and O–H groups in total. The average molecular weight is 531 g/mol. The number of benzene rings is 1. The fraction of sp³-hybridized carbons (Fsp3) is 0.360. The van der Waals surface area contributed by atoms with E-state index in [2.05, 4.69) is 26.7 Å². The third kappa shape index (κ3) is 6.41. The minimum Gasteiger partial charge on any atom is -0.383 e. The molecule has 35 heavy (non-hydrogen) atoms. The summed E-state index contributed by atoms with van der Waals surface area (Å²) in [6.07, 6.45) is 5.27. The fourth-order valence-corrected chi connectivity index (χ4v) is 6.16. The minimum atomic E-state index is -0.459. The predicted molar refractivity (Wildman–Crippen MR) is 141 cm³/mol. The number of rotatable bonds is 9. The Bertz CT molecular complexity index is 1230. The third-order valence-electron chi connectivity index (χ3n) is 5.60. The van der Waals surface area contributed by atoms with Crippen LogP contribution in [0.2, 0.25) is 5.02 Å². The van der Waals surface area contributed by atoms with Crippen molar-refractivity contribution in [2.45, 2.75) is 43.5 Å². The number of methoxy groups -OCH3 is 1. The first kappa shape index (κ1) is 25.6. The summed E-state index contributed by atoms with van der Waals surface area (Å²) in [7, 11) is 1.59. The summed E-state index contributed by atoms with van der Waals surface area (Å²) >= 11 is 9.19. The highest BCUT2D eigenvalue weighted by Crippen LogP contribution is 2.38. The Morgan fingerprint density at radius 1 is 1.23 bits per heavy atom. The second-order valence-corrected chi connectivity index (χ2v) is 10.7. The van der Waals surface area contributed by atoms with Gasteiger partial charge in [0.15, 0.2) is 10.9 Å². The number of hydrogen-bond acceptors (Lipinski definition) is 7. The van der Waals surface area contributed by atoms with E-state index in [1.807, 2.05) is 25.1 Å². The lowest BCUT2D eigenvalue weighted by molar-refractivity contribution is 0.0937. The van der Waals surface area contributed by atoms with Crippen LogP contribution >= 0.6 is 34.7 Å². The Hall–Kier alpha value is -2.46. The first-order chi connectivity index (χ1) is 17.0. The number of thiophene rings is 1. The largest absolute Gasteiger partial charge is 0.383 e. The smallest absolute Gasteiger partial charge is 0.276 e. The summed E-state index contributed by atoms with van der Waals surface area (Å²) < 4.78 is 5.04. The molecule has 0 bridgehead atoms. The molecule has 0 spiro atoms. The molecule has 0 aliphatic heterocycles. The minimum absolute atomic E-state index is 0.0884. The van der Waals surface area contributed by atoms with Gasteiger partial charge in [0, 0.05) is 24.3 Å². The maximum Gasteiger partial charge on any atom is 0.276 e. The van der Waals surface area contributed by atoms with Crippen LogP contribution in [0, 0.1) is 6.92 Å². The van der Waals surface area contributed by atoms with Crippen LogP contribution in [0.5, 0.6) is 0 Å². The molecule has 0 saturated carbocycles. The van der Waals surface area contributed by atoms with Crippen LogP contribution in [0.3, 0.4) is 0 Å². The number of nitrogens with zero attached hydrogens (tertiary/aromatic N) is 2.